The predicted octanol–water partition coefficient (Wildman–Crippen LogP) is 4.31. The molecule has 8 heteroatoms. The minimum absolute atomic E-state index is 0.0572. The summed E-state index contributed by atoms with van der Waals surface area (Å²) in [4.78, 5) is 20.2. The van der Waals surface area contributed by atoms with E-state index in [1.165, 1.54) is 0 Å². The molecule has 180 valence electrons. The van der Waals surface area contributed by atoms with Gasteiger partial charge in [0.1, 0.15) is 5.75 Å². The molecule has 2 aromatic heterocycles. The van der Waals surface area contributed by atoms with E-state index < -0.39 is 0 Å². The van der Waals surface area contributed by atoms with Crippen LogP contribution in [-0.2, 0) is 11.8 Å². The third-order valence-corrected chi connectivity index (χ3v) is 7.25. The number of methoxy groups -OCH3 is 1. The van der Waals surface area contributed by atoms with Crippen molar-refractivity contribution in [2.45, 2.75) is 44.4 Å². The number of carbonyl (C=O) groups excluding carboxylic acids is 1. The van der Waals surface area contributed by atoms with Crippen molar-refractivity contribution in [3.63, 3.8) is 0 Å². The van der Waals surface area contributed by atoms with Crippen molar-refractivity contribution in [3.05, 3.63) is 53.3 Å². The van der Waals surface area contributed by atoms with Gasteiger partial charge >= 0.3 is 0 Å². The van der Waals surface area contributed by atoms with E-state index in [0.29, 0.717) is 18.4 Å². The second kappa shape index (κ2) is 9.62. The number of ether oxygens (including phenoxy) is 2. The van der Waals surface area contributed by atoms with E-state index in [1.807, 2.05) is 49.2 Å². The second-order valence-corrected chi connectivity index (χ2v) is 9.28. The van der Waals surface area contributed by atoms with Crippen LogP contribution in [0.1, 0.15) is 65.3 Å². The molecule has 3 aromatic rings. The SMILES string of the molecule is COc1ccc(-c2cc(C(=O)N3CCC[C@H](c4nc(C5CCOCC5)no4)C3)c(C)n2C)cc1. The third kappa shape index (κ3) is 4.34. The largest absolute Gasteiger partial charge is 0.497 e. The Labute approximate surface area is 199 Å². The molecule has 0 saturated carbocycles. The van der Waals surface area contributed by atoms with Gasteiger partial charge in [-0.15, -0.1) is 0 Å². The summed E-state index contributed by atoms with van der Waals surface area (Å²) in [6.45, 7) is 4.83. The number of rotatable bonds is 5. The summed E-state index contributed by atoms with van der Waals surface area (Å²) in [7, 11) is 3.66. The lowest BCUT2D eigenvalue weighted by molar-refractivity contribution is 0.0695. The molecule has 2 aliphatic rings. The molecular weight excluding hydrogens is 432 g/mol. The summed E-state index contributed by atoms with van der Waals surface area (Å²) in [5.41, 5.74) is 3.75. The van der Waals surface area contributed by atoms with Gasteiger partial charge in [-0.1, -0.05) is 5.16 Å². The van der Waals surface area contributed by atoms with Crippen LogP contribution in [0.2, 0.25) is 0 Å². The summed E-state index contributed by atoms with van der Waals surface area (Å²) >= 11 is 0. The van der Waals surface area contributed by atoms with E-state index in [2.05, 4.69) is 9.72 Å². The number of piperidine rings is 1. The number of hydrogen-bond donors (Lipinski definition) is 0. The van der Waals surface area contributed by atoms with Crippen molar-refractivity contribution in [1.29, 1.82) is 0 Å². The Morgan fingerprint density at radius 3 is 2.62 bits per heavy atom. The van der Waals surface area contributed by atoms with E-state index >= 15 is 0 Å². The number of amides is 1. The summed E-state index contributed by atoms with van der Waals surface area (Å²) in [5.74, 6) is 2.68. The molecule has 0 spiro atoms. The molecule has 0 bridgehead atoms. The molecule has 0 radical (unpaired) electrons. The first-order valence-corrected chi connectivity index (χ1v) is 12.1. The molecule has 0 unspecified atom stereocenters. The molecule has 1 amide bonds. The van der Waals surface area contributed by atoms with Gasteiger partial charge in [0.2, 0.25) is 5.89 Å². The topological polar surface area (TPSA) is 82.6 Å². The van der Waals surface area contributed by atoms with Gasteiger partial charge in [0.05, 0.1) is 18.6 Å². The molecule has 2 saturated heterocycles. The molecule has 2 fully saturated rings. The van der Waals surface area contributed by atoms with Gasteiger partial charge < -0.3 is 23.5 Å². The van der Waals surface area contributed by atoms with Crippen LogP contribution in [0.4, 0.5) is 0 Å². The fourth-order valence-electron chi connectivity index (χ4n) is 5.02. The monoisotopic (exact) mass is 464 g/mol. The Morgan fingerprint density at radius 1 is 1.12 bits per heavy atom. The summed E-state index contributed by atoms with van der Waals surface area (Å²) in [6.07, 6.45) is 3.72. The van der Waals surface area contributed by atoms with Crippen molar-refractivity contribution in [2.24, 2.45) is 7.05 Å². The van der Waals surface area contributed by atoms with Crippen LogP contribution >= 0.6 is 0 Å². The zero-order valence-corrected chi connectivity index (χ0v) is 20.1. The third-order valence-electron chi connectivity index (χ3n) is 7.25. The fourth-order valence-corrected chi connectivity index (χ4v) is 5.02. The minimum atomic E-state index is 0.0572. The number of benzene rings is 1. The molecule has 4 heterocycles. The lowest BCUT2D eigenvalue weighted by Crippen LogP contribution is -2.39. The number of carbonyl (C=O) groups is 1. The van der Waals surface area contributed by atoms with Crippen molar-refractivity contribution >= 4 is 5.91 Å². The van der Waals surface area contributed by atoms with Crippen LogP contribution in [-0.4, -0.2) is 58.9 Å². The average Bonchev–Trinajstić information content (AvgIpc) is 3.50. The van der Waals surface area contributed by atoms with Crippen LogP contribution in [0, 0.1) is 6.92 Å². The highest BCUT2D eigenvalue weighted by molar-refractivity contribution is 5.97. The van der Waals surface area contributed by atoms with Crippen LogP contribution in [0.25, 0.3) is 11.3 Å². The zero-order chi connectivity index (χ0) is 23.7. The van der Waals surface area contributed by atoms with Crippen LogP contribution in [0.5, 0.6) is 5.75 Å². The van der Waals surface area contributed by atoms with Crippen molar-refractivity contribution in [3.8, 4) is 17.0 Å². The van der Waals surface area contributed by atoms with Crippen molar-refractivity contribution in [2.75, 3.05) is 33.4 Å². The molecule has 8 nitrogen and oxygen atoms in total. The smallest absolute Gasteiger partial charge is 0.255 e. The molecule has 1 aromatic carbocycles. The number of likely N-dealkylation sites (tertiary alicyclic amines) is 1. The normalized spacial score (nSPS) is 19.4. The highest BCUT2D eigenvalue weighted by atomic mass is 16.5. The van der Waals surface area contributed by atoms with Crippen molar-refractivity contribution in [1.82, 2.24) is 19.6 Å². The Balaban J connectivity index is 1.32. The van der Waals surface area contributed by atoms with E-state index in [9.17, 15) is 4.79 Å². The lowest BCUT2D eigenvalue weighted by atomic mass is 9.96. The van der Waals surface area contributed by atoms with Gasteiger partial charge in [0, 0.05) is 50.7 Å². The average molecular weight is 465 g/mol. The molecule has 1 atom stereocenters. The first kappa shape index (κ1) is 22.7. The molecular formula is C26H32N4O4. The predicted molar refractivity (Wildman–Crippen MR) is 127 cm³/mol. The van der Waals surface area contributed by atoms with E-state index in [0.717, 1.165) is 79.5 Å². The first-order valence-electron chi connectivity index (χ1n) is 12.1. The van der Waals surface area contributed by atoms with Crippen LogP contribution in [0.15, 0.2) is 34.9 Å². The number of hydrogen-bond acceptors (Lipinski definition) is 6. The molecule has 2 aliphatic heterocycles. The lowest BCUT2D eigenvalue weighted by Gasteiger charge is -2.31. The van der Waals surface area contributed by atoms with Crippen LogP contribution in [0.3, 0.4) is 0 Å². The molecule has 0 aliphatic carbocycles. The molecule has 0 N–H and O–H groups in total. The number of nitrogens with zero attached hydrogens (tertiary/aromatic N) is 4. The Morgan fingerprint density at radius 2 is 1.88 bits per heavy atom. The van der Waals surface area contributed by atoms with E-state index in [1.54, 1.807) is 7.11 Å². The van der Waals surface area contributed by atoms with Gasteiger partial charge in [-0.05, 0) is 68.5 Å². The summed E-state index contributed by atoms with van der Waals surface area (Å²) < 4.78 is 18.5. The maximum absolute atomic E-state index is 13.6. The Hall–Kier alpha value is -3.13. The number of aromatic nitrogens is 3. The van der Waals surface area contributed by atoms with Crippen molar-refractivity contribution < 1.29 is 18.8 Å². The van der Waals surface area contributed by atoms with Gasteiger partial charge in [-0.25, -0.2) is 0 Å². The quantitative estimate of drug-likeness (QED) is 0.560. The van der Waals surface area contributed by atoms with E-state index in [-0.39, 0.29) is 11.8 Å². The maximum Gasteiger partial charge on any atom is 0.255 e. The van der Waals surface area contributed by atoms with Crippen LogP contribution < -0.4 is 4.74 Å². The maximum atomic E-state index is 13.6. The Bertz CT molecular complexity index is 1140. The summed E-state index contributed by atoms with van der Waals surface area (Å²) in [5, 5.41) is 4.26. The highest BCUT2D eigenvalue weighted by Gasteiger charge is 2.31. The fraction of sp³-hybridized carbons (Fsp3) is 0.500. The van der Waals surface area contributed by atoms with Gasteiger partial charge in [-0.2, -0.15) is 4.98 Å². The highest BCUT2D eigenvalue weighted by Crippen LogP contribution is 2.32. The second-order valence-electron chi connectivity index (χ2n) is 9.28. The molecule has 34 heavy (non-hydrogen) atoms. The summed E-state index contributed by atoms with van der Waals surface area (Å²) in [6, 6.07) is 9.91. The molecule has 5 rings (SSSR count). The van der Waals surface area contributed by atoms with Gasteiger partial charge in [-0.3, -0.25) is 4.79 Å². The first-order chi connectivity index (χ1) is 16.5. The van der Waals surface area contributed by atoms with E-state index in [4.69, 9.17) is 19.0 Å². The van der Waals surface area contributed by atoms with Gasteiger partial charge in [0.25, 0.3) is 5.91 Å². The van der Waals surface area contributed by atoms with Gasteiger partial charge in [0.15, 0.2) is 5.82 Å². The Kier molecular flexibility index (Phi) is 6.41. The minimum Gasteiger partial charge on any atom is -0.497 e. The standard InChI is InChI=1S/C26H32N4O4/c1-17-22(15-23(29(17)2)18-6-8-21(32-3)9-7-18)26(31)30-12-4-5-20(16-30)25-27-24(28-34-25)19-10-13-33-14-11-19/h6-9,15,19-20H,4-5,10-14,16H2,1-3H3/t20-/m0/s1. The zero-order valence-electron chi connectivity index (χ0n) is 20.1.